The van der Waals surface area contributed by atoms with Crippen LogP contribution in [-0.4, -0.2) is 27.1 Å². The molecule has 2 aromatic rings. The highest BCUT2D eigenvalue weighted by atomic mass is 35.5. The third kappa shape index (κ3) is 4.95. The summed E-state index contributed by atoms with van der Waals surface area (Å²) < 4.78 is 25.3. The smallest absolute Gasteiger partial charge is 0.245 e. The number of sulfonamides is 1. The van der Waals surface area contributed by atoms with Gasteiger partial charge in [-0.15, -0.1) is 0 Å². The molecule has 130 valence electrons. The van der Waals surface area contributed by atoms with E-state index in [1.54, 1.807) is 37.3 Å². The molecule has 1 amide bonds. The number of aryl methyl sites for hydroxylation is 1. The molecule has 0 fully saturated rings. The highest BCUT2D eigenvalue weighted by Crippen LogP contribution is 2.26. The number of hydrogen-bond donors (Lipinski definition) is 1. The largest absolute Gasteiger partial charge is 0.324 e. The van der Waals surface area contributed by atoms with Crippen molar-refractivity contribution in [1.29, 1.82) is 5.26 Å². The molecule has 8 heteroatoms. The molecule has 0 atom stereocenters. The van der Waals surface area contributed by atoms with E-state index in [9.17, 15) is 13.2 Å². The number of benzene rings is 2. The van der Waals surface area contributed by atoms with Crippen LogP contribution in [0, 0.1) is 18.3 Å². The zero-order valence-electron chi connectivity index (χ0n) is 13.7. The van der Waals surface area contributed by atoms with E-state index in [0.717, 1.165) is 10.6 Å². The number of nitriles is 1. The summed E-state index contributed by atoms with van der Waals surface area (Å²) in [5.74, 6) is -0.528. The first-order chi connectivity index (χ1) is 11.7. The van der Waals surface area contributed by atoms with Gasteiger partial charge in [0.1, 0.15) is 6.54 Å². The maximum atomic E-state index is 12.3. The Hall–Kier alpha value is -2.56. The van der Waals surface area contributed by atoms with Crippen molar-refractivity contribution in [2.75, 3.05) is 22.4 Å². The van der Waals surface area contributed by atoms with E-state index >= 15 is 0 Å². The van der Waals surface area contributed by atoms with Gasteiger partial charge in [0.05, 0.1) is 23.6 Å². The van der Waals surface area contributed by atoms with Crippen molar-refractivity contribution >= 4 is 38.9 Å². The average Bonchev–Trinajstić information content (AvgIpc) is 2.54. The first kappa shape index (κ1) is 18.8. The normalized spacial score (nSPS) is 10.8. The highest BCUT2D eigenvalue weighted by Gasteiger charge is 2.22. The Bertz CT molecular complexity index is 952. The van der Waals surface area contributed by atoms with Crippen LogP contribution in [0.3, 0.4) is 0 Å². The minimum atomic E-state index is -3.70. The topological polar surface area (TPSA) is 90.3 Å². The molecule has 0 heterocycles. The van der Waals surface area contributed by atoms with Gasteiger partial charge in [0.2, 0.25) is 15.9 Å². The molecule has 0 unspecified atom stereocenters. The highest BCUT2D eigenvalue weighted by molar-refractivity contribution is 7.92. The van der Waals surface area contributed by atoms with Crippen LogP contribution in [-0.2, 0) is 14.8 Å². The second-order valence-corrected chi connectivity index (χ2v) is 7.78. The van der Waals surface area contributed by atoms with Crippen LogP contribution in [0.2, 0.25) is 5.02 Å². The summed E-state index contributed by atoms with van der Waals surface area (Å²) in [4.78, 5) is 12.3. The number of rotatable bonds is 5. The van der Waals surface area contributed by atoms with Crippen LogP contribution in [0.15, 0.2) is 42.5 Å². The summed E-state index contributed by atoms with van der Waals surface area (Å²) in [6, 6.07) is 13.2. The van der Waals surface area contributed by atoms with E-state index in [4.69, 9.17) is 16.9 Å². The standard InChI is InChI=1S/C17H16ClN3O3S/c1-12-6-7-14(18)9-16(12)21(25(2,23)24)11-17(22)20-15-5-3-4-13(8-15)10-19/h3-9H,11H2,1-2H3,(H,20,22). The van der Waals surface area contributed by atoms with Gasteiger partial charge in [-0.1, -0.05) is 23.7 Å². The summed E-state index contributed by atoms with van der Waals surface area (Å²) in [5, 5.41) is 11.9. The molecule has 0 saturated carbocycles. The van der Waals surface area contributed by atoms with E-state index in [1.807, 2.05) is 6.07 Å². The van der Waals surface area contributed by atoms with Gasteiger partial charge in [0, 0.05) is 10.7 Å². The quantitative estimate of drug-likeness (QED) is 0.867. The predicted octanol–water partition coefficient (Wildman–Crippen LogP) is 2.92. The van der Waals surface area contributed by atoms with Crippen molar-refractivity contribution in [3.63, 3.8) is 0 Å². The van der Waals surface area contributed by atoms with Crippen LogP contribution in [0.4, 0.5) is 11.4 Å². The number of carbonyl (C=O) groups is 1. The number of nitrogens with zero attached hydrogens (tertiary/aromatic N) is 2. The Morgan fingerprint density at radius 2 is 2.00 bits per heavy atom. The second-order valence-electron chi connectivity index (χ2n) is 5.44. The number of carbonyl (C=O) groups excluding carboxylic acids is 1. The molecule has 0 aromatic heterocycles. The molecule has 2 rings (SSSR count). The van der Waals surface area contributed by atoms with E-state index < -0.39 is 22.5 Å². The molecule has 6 nitrogen and oxygen atoms in total. The van der Waals surface area contributed by atoms with Gasteiger partial charge in [-0.3, -0.25) is 9.10 Å². The molecule has 0 radical (unpaired) electrons. The number of hydrogen-bond acceptors (Lipinski definition) is 4. The monoisotopic (exact) mass is 377 g/mol. The minimum absolute atomic E-state index is 0.343. The zero-order valence-corrected chi connectivity index (χ0v) is 15.2. The second kappa shape index (κ2) is 7.55. The lowest BCUT2D eigenvalue weighted by Gasteiger charge is -2.23. The average molecular weight is 378 g/mol. The summed E-state index contributed by atoms with van der Waals surface area (Å²) >= 11 is 5.96. The number of amides is 1. The Labute approximate surface area is 151 Å². The molecule has 0 saturated heterocycles. The maximum Gasteiger partial charge on any atom is 0.245 e. The lowest BCUT2D eigenvalue weighted by molar-refractivity contribution is -0.114. The predicted molar refractivity (Wildman–Crippen MR) is 98.2 cm³/mol. The molecule has 1 N–H and O–H groups in total. The first-order valence-corrected chi connectivity index (χ1v) is 9.47. The fourth-order valence-electron chi connectivity index (χ4n) is 2.23. The third-order valence-corrected chi connectivity index (χ3v) is 4.76. The first-order valence-electron chi connectivity index (χ1n) is 7.24. The maximum absolute atomic E-state index is 12.3. The molecule has 0 aliphatic heterocycles. The van der Waals surface area contributed by atoms with Crippen LogP contribution in [0.1, 0.15) is 11.1 Å². The van der Waals surface area contributed by atoms with Crippen molar-refractivity contribution in [2.45, 2.75) is 6.92 Å². The van der Waals surface area contributed by atoms with Crippen molar-refractivity contribution < 1.29 is 13.2 Å². The van der Waals surface area contributed by atoms with Gasteiger partial charge in [0.25, 0.3) is 0 Å². The van der Waals surface area contributed by atoms with E-state index in [2.05, 4.69) is 5.32 Å². The lowest BCUT2D eigenvalue weighted by Crippen LogP contribution is -2.37. The van der Waals surface area contributed by atoms with E-state index in [-0.39, 0.29) is 0 Å². The molecule has 0 spiro atoms. The molecule has 0 aliphatic carbocycles. The Balaban J connectivity index is 2.27. The lowest BCUT2D eigenvalue weighted by atomic mass is 10.2. The SMILES string of the molecule is Cc1ccc(Cl)cc1N(CC(=O)Nc1cccc(C#N)c1)S(C)(=O)=O. The van der Waals surface area contributed by atoms with Crippen molar-refractivity contribution in [2.24, 2.45) is 0 Å². The summed E-state index contributed by atoms with van der Waals surface area (Å²) in [7, 11) is -3.70. The molecular weight excluding hydrogens is 362 g/mol. The molecule has 0 bridgehead atoms. The van der Waals surface area contributed by atoms with Gasteiger partial charge >= 0.3 is 0 Å². The van der Waals surface area contributed by atoms with Crippen molar-refractivity contribution in [1.82, 2.24) is 0 Å². The van der Waals surface area contributed by atoms with Crippen LogP contribution < -0.4 is 9.62 Å². The fourth-order valence-corrected chi connectivity index (χ4v) is 3.30. The van der Waals surface area contributed by atoms with Crippen LogP contribution in [0.5, 0.6) is 0 Å². The Morgan fingerprint density at radius 3 is 2.64 bits per heavy atom. The van der Waals surface area contributed by atoms with Crippen molar-refractivity contribution in [3.05, 3.63) is 58.6 Å². The number of nitrogens with one attached hydrogen (secondary N) is 1. The fraction of sp³-hybridized carbons (Fsp3) is 0.176. The molecule has 2 aromatic carbocycles. The zero-order chi connectivity index (χ0) is 18.6. The Morgan fingerprint density at radius 1 is 1.28 bits per heavy atom. The molecule has 25 heavy (non-hydrogen) atoms. The van der Waals surface area contributed by atoms with Crippen molar-refractivity contribution in [3.8, 4) is 6.07 Å². The van der Waals surface area contributed by atoms with Gasteiger partial charge < -0.3 is 5.32 Å². The molecule has 0 aliphatic rings. The van der Waals surface area contributed by atoms with Gasteiger partial charge in [0.15, 0.2) is 0 Å². The van der Waals surface area contributed by atoms with E-state index in [1.165, 1.54) is 12.1 Å². The molecular formula is C17H16ClN3O3S. The van der Waals surface area contributed by atoms with Crippen LogP contribution >= 0.6 is 11.6 Å². The van der Waals surface area contributed by atoms with Gasteiger partial charge in [-0.2, -0.15) is 5.26 Å². The van der Waals surface area contributed by atoms with Gasteiger partial charge in [-0.05, 0) is 42.8 Å². The summed E-state index contributed by atoms with van der Waals surface area (Å²) in [5.41, 5.74) is 1.83. The number of halogens is 1. The van der Waals surface area contributed by atoms with Crippen LogP contribution in [0.25, 0.3) is 0 Å². The summed E-state index contributed by atoms with van der Waals surface area (Å²) in [6.45, 7) is 1.33. The summed E-state index contributed by atoms with van der Waals surface area (Å²) in [6.07, 6.45) is 1.02. The Kier molecular flexibility index (Phi) is 5.67. The minimum Gasteiger partial charge on any atom is -0.324 e. The third-order valence-electron chi connectivity index (χ3n) is 3.40. The van der Waals surface area contributed by atoms with Gasteiger partial charge in [-0.25, -0.2) is 8.42 Å². The van der Waals surface area contributed by atoms with E-state index in [0.29, 0.717) is 27.5 Å². The number of anilines is 2.